The lowest BCUT2D eigenvalue weighted by molar-refractivity contribution is -0.129. The van der Waals surface area contributed by atoms with Gasteiger partial charge in [0.05, 0.1) is 14.2 Å². The molecule has 0 radical (unpaired) electrons. The highest BCUT2D eigenvalue weighted by Crippen LogP contribution is 2.20. The molecule has 6 nitrogen and oxygen atoms in total. The SMILES string of the molecule is COc1ccc2[nH]c(=O)c(CCC(=O)N(C)CCc3ccccc3OC)cc2c1. The quantitative estimate of drug-likeness (QED) is 0.637. The molecule has 0 saturated carbocycles. The molecule has 3 aromatic rings. The molecule has 0 fully saturated rings. The number of likely N-dealkylation sites (N-methyl/N-ethyl adjacent to an activating group) is 1. The minimum absolute atomic E-state index is 0.00466. The second-order valence-electron chi connectivity index (χ2n) is 6.95. The summed E-state index contributed by atoms with van der Waals surface area (Å²) >= 11 is 0. The van der Waals surface area contributed by atoms with Crippen LogP contribution in [0.25, 0.3) is 10.9 Å². The van der Waals surface area contributed by atoms with Gasteiger partial charge in [0.15, 0.2) is 0 Å². The fourth-order valence-corrected chi connectivity index (χ4v) is 3.30. The van der Waals surface area contributed by atoms with Crippen LogP contribution in [-0.2, 0) is 17.6 Å². The number of ether oxygens (including phenoxy) is 2. The monoisotopic (exact) mass is 394 g/mol. The van der Waals surface area contributed by atoms with Gasteiger partial charge in [-0.15, -0.1) is 0 Å². The third-order valence-electron chi connectivity index (χ3n) is 5.07. The van der Waals surface area contributed by atoms with Crippen molar-refractivity contribution in [1.29, 1.82) is 0 Å². The van der Waals surface area contributed by atoms with Crippen LogP contribution >= 0.6 is 0 Å². The third-order valence-corrected chi connectivity index (χ3v) is 5.07. The minimum atomic E-state index is -0.160. The van der Waals surface area contributed by atoms with Gasteiger partial charge < -0.3 is 19.4 Å². The van der Waals surface area contributed by atoms with Gasteiger partial charge in [-0.3, -0.25) is 9.59 Å². The molecule has 0 aliphatic heterocycles. The Labute approximate surface area is 170 Å². The van der Waals surface area contributed by atoms with E-state index < -0.39 is 0 Å². The Morgan fingerprint density at radius 1 is 1.00 bits per heavy atom. The van der Waals surface area contributed by atoms with E-state index in [-0.39, 0.29) is 17.9 Å². The number of fused-ring (bicyclic) bond motifs is 1. The molecule has 0 bridgehead atoms. The molecule has 0 aliphatic carbocycles. The number of amides is 1. The molecule has 1 heterocycles. The molecule has 1 amide bonds. The number of aryl methyl sites for hydroxylation is 1. The van der Waals surface area contributed by atoms with E-state index in [0.717, 1.165) is 28.0 Å². The molecule has 0 aliphatic rings. The predicted molar refractivity (Wildman–Crippen MR) is 114 cm³/mol. The number of benzene rings is 2. The van der Waals surface area contributed by atoms with Gasteiger partial charge in [0, 0.05) is 36.5 Å². The average Bonchev–Trinajstić information content (AvgIpc) is 2.75. The summed E-state index contributed by atoms with van der Waals surface area (Å²) in [5, 5.41) is 0.885. The maximum atomic E-state index is 12.5. The third kappa shape index (κ3) is 4.96. The summed E-state index contributed by atoms with van der Waals surface area (Å²) < 4.78 is 10.6. The van der Waals surface area contributed by atoms with E-state index in [9.17, 15) is 9.59 Å². The first-order valence-corrected chi connectivity index (χ1v) is 9.57. The van der Waals surface area contributed by atoms with Crippen LogP contribution in [0.3, 0.4) is 0 Å². The molecule has 1 N–H and O–H groups in total. The predicted octanol–water partition coefficient (Wildman–Crippen LogP) is 3.18. The minimum Gasteiger partial charge on any atom is -0.497 e. The molecule has 3 rings (SSSR count). The Balaban J connectivity index is 1.62. The highest BCUT2D eigenvalue weighted by molar-refractivity contribution is 5.81. The lowest BCUT2D eigenvalue weighted by atomic mass is 10.1. The van der Waals surface area contributed by atoms with Crippen molar-refractivity contribution in [1.82, 2.24) is 9.88 Å². The van der Waals surface area contributed by atoms with E-state index in [1.165, 1.54) is 0 Å². The normalized spacial score (nSPS) is 10.7. The Kier molecular flexibility index (Phi) is 6.54. The highest BCUT2D eigenvalue weighted by Gasteiger charge is 2.12. The van der Waals surface area contributed by atoms with E-state index >= 15 is 0 Å². The Morgan fingerprint density at radius 3 is 2.55 bits per heavy atom. The van der Waals surface area contributed by atoms with Crippen molar-refractivity contribution in [2.45, 2.75) is 19.3 Å². The van der Waals surface area contributed by atoms with E-state index in [1.807, 2.05) is 42.5 Å². The molecular formula is C23H26N2O4. The van der Waals surface area contributed by atoms with E-state index in [4.69, 9.17) is 9.47 Å². The Bertz CT molecular complexity index is 1060. The lowest BCUT2D eigenvalue weighted by Gasteiger charge is -2.18. The number of aromatic nitrogens is 1. The van der Waals surface area contributed by atoms with Crippen molar-refractivity contribution in [3.8, 4) is 11.5 Å². The van der Waals surface area contributed by atoms with Crippen molar-refractivity contribution in [3.05, 3.63) is 70.0 Å². The van der Waals surface area contributed by atoms with Crippen LogP contribution in [0.1, 0.15) is 17.5 Å². The standard InChI is InChI=1S/C23H26N2O4/c1-25(13-12-16-6-4-5-7-21(16)29-3)22(26)11-8-17-14-18-15-19(28-2)9-10-20(18)24-23(17)27/h4-7,9-10,14-15H,8,11-13H2,1-3H3,(H,24,27). The number of methoxy groups -OCH3 is 2. The first-order chi connectivity index (χ1) is 14.0. The summed E-state index contributed by atoms with van der Waals surface area (Å²) in [4.78, 5) is 29.4. The van der Waals surface area contributed by atoms with Crippen LogP contribution in [0.5, 0.6) is 11.5 Å². The fourth-order valence-electron chi connectivity index (χ4n) is 3.30. The summed E-state index contributed by atoms with van der Waals surface area (Å²) in [5.74, 6) is 1.55. The number of hydrogen-bond acceptors (Lipinski definition) is 4. The van der Waals surface area contributed by atoms with Gasteiger partial charge in [0.2, 0.25) is 5.91 Å². The topological polar surface area (TPSA) is 71.6 Å². The first-order valence-electron chi connectivity index (χ1n) is 9.57. The van der Waals surface area contributed by atoms with Gasteiger partial charge in [0.1, 0.15) is 11.5 Å². The van der Waals surface area contributed by atoms with Crippen molar-refractivity contribution in [2.75, 3.05) is 27.8 Å². The molecule has 0 unspecified atom stereocenters. The van der Waals surface area contributed by atoms with Gasteiger partial charge in [-0.1, -0.05) is 18.2 Å². The van der Waals surface area contributed by atoms with Crippen LogP contribution in [0, 0.1) is 0 Å². The summed E-state index contributed by atoms with van der Waals surface area (Å²) in [7, 11) is 5.03. The zero-order valence-corrected chi connectivity index (χ0v) is 17.0. The van der Waals surface area contributed by atoms with Crippen LogP contribution < -0.4 is 15.0 Å². The summed E-state index contributed by atoms with van der Waals surface area (Å²) in [6, 6.07) is 15.1. The van der Waals surface area contributed by atoms with Crippen molar-refractivity contribution >= 4 is 16.8 Å². The van der Waals surface area contributed by atoms with Crippen LogP contribution in [-0.4, -0.2) is 43.6 Å². The molecular weight excluding hydrogens is 368 g/mol. The lowest BCUT2D eigenvalue weighted by Crippen LogP contribution is -2.29. The first kappa shape index (κ1) is 20.5. The molecule has 2 aromatic carbocycles. The zero-order valence-electron chi connectivity index (χ0n) is 17.0. The van der Waals surface area contributed by atoms with Crippen LogP contribution in [0.4, 0.5) is 0 Å². The van der Waals surface area contributed by atoms with Crippen LogP contribution in [0.15, 0.2) is 53.3 Å². The summed E-state index contributed by atoms with van der Waals surface area (Å²) in [6.45, 7) is 0.588. The van der Waals surface area contributed by atoms with Gasteiger partial charge in [0.25, 0.3) is 5.56 Å². The molecule has 6 heteroatoms. The molecule has 0 saturated heterocycles. The summed E-state index contributed by atoms with van der Waals surface area (Å²) in [5.41, 5.74) is 2.25. The smallest absolute Gasteiger partial charge is 0.251 e. The molecule has 0 spiro atoms. The van der Waals surface area contributed by atoms with Gasteiger partial charge in [-0.2, -0.15) is 0 Å². The van der Waals surface area contributed by atoms with Crippen molar-refractivity contribution in [2.24, 2.45) is 0 Å². The van der Waals surface area contributed by atoms with E-state index in [0.29, 0.717) is 24.9 Å². The van der Waals surface area contributed by atoms with Gasteiger partial charge in [-0.25, -0.2) is 0 Å². The largest absolute Gasteiger partial charge is 0.497 e. The number of carbonyl (C=O) groups excluding carboxylic acids is 1. The number of nitrogens with zero attached hydrogens (tertiary/aromatic N) is 1. The number of para-hydroxylation sites is 1. The maximum absolute atomic E-state index is 12.5. The number of carbonyl (C=O) groups is 1. The van der Waals surface area contributed by atoms with Crippen LogP contribution in [0.2, 0.25) is 0 Å². The fraction of sp³-hybridized carbons (Fsp3) is 0.304. The van der Waals surface area contributed by atoms with Gasteiger partial charge in [-0.05, 0) is 48.7 Å². The number of pyridine rings is 1. The number of rotatable bonds is 8. The van der Waals surface area contributed by atoms with E-state index in [2.05, 4.69) is 4.98 Å². The number of aromatic amines is 1. The number of H-pyrrole nitrogens is 1. The second-order valence-corrected chi connectivity index (χ2v) is 6.95. The maximum Gasteiger partial charge on any atom is 0.251 e. The number of nitrogens with one attached hydrogen (secondary N) is 1. The zero-order chi connectivity index (χ0) is 20.8. The Hall–Kier alpha value is -3.28. The molecule has 0 atom stereocenters. The molecule has 29 heavy (non-hydrogen) atoms. The molecule has 1 aromatic heterocycles. The van der Waals surface area contributed by atoms with E-state index in [1.54, 1.807) is 32.2 Å². The molecule has 152 valence electrons. The Morgan fingerprint density at radius 2 is 1.79 bits per heavy atom. The highest BCUT2D eigenvalue weighted by atomic mass is 16.5. The summed E-state index contributed by atoms with van der Waals surface area (Å²) in [6.07, 6.45) is 1.38. The van der Waals surface area contributed by atoms with Crippen molar-refractivity contribution in [3.63, 3.8) is 0 Å². The second kappa shape index (κ2) is 9.28. The van der Waals surface area contributed by atoms with Gasteiger partial charge >= 0.3 is 0 Å². The average molecular weight is 394 g/mol. The number of hydrogen-bond donors (Lipinski definition) is 1. The van der Waals surface area contributed by atoms with Crippen molar-refractivity contribution < 1.29 is 14.3 Å².